The van der Waals surface area contributed by atoms with Crippen LogP contribution in [0.25, 0.3) is 0 Å². The SMILES string of the molecule is CC[C@H]1[C@@H]2CCC3=C(CCC(=O)C3)C2=CCC1(C)C. The number of fused-ring (bicyclic) bond motifs is 2. The molecule has 0 unspecified atom stereocenters. The van der Waals surface area contributed by atoms with Crippen molar-refractivity contribution in [3.63, 3.8) is 0 Å². The number of Topliss-reactive ketones (excluding diaryl/α,β-unsaturated/α-hetero) is 1. The fourth-order valence-corrected chi connectivity index (χ4v) is 4.77. The Morgan fingerprint density at radius 2 is 2.05 bits per heavy atom. The van der Waals surface area contributed by atoms with Crippen molar-refractivity contribution >= 4 is 5.78 Å². The van der Waals surface area contributed by atoms with Crippen LogP contribution >= 0.6 is 0 Å². The molecule has 0 heterocycles. The molecule has 0 radical (unpaired) electrons. The second-order valence-corrected chi connectivity index (χ2v) is 7.31. The Labute approximate surface area is 117 Å². The van der Waals surface area contributed by atoms with Crippen LogP contribution in [-0.2, 0) is 4.79 Å². The molecule has 2 atom stereocenters. The van der Waals surface area contributed by atoms with E-state index >= 15 is 0 Å². The largest absolute Gasteiger partial charge is 0.299 e. The smallest absolute Gasteiger partial charge is 0.137 e. The quantitative estimate of drug-likeness (QED) is 0.658. The Morgan fingerprint density at radius 3 is 2.79 bits per heavy atom. The van der Waals surface area contributed by atoms with Crippen molar-refractivity contribution in [1.82, 2.24) is 0 Å². The molecule has 0 fully saturated rings. The molecule has 0 saturated heterocycles. The molecular weight excluding hydrogens is 232 g/mol. The topological polar surface area (TPSA) is 17.1 Å². The number of hydrogen-bond acceptors (Lipinski definition) is 1. The van der Waals surface area contributed by atoms with Gasteiger partial charge in [0.25, 0.3) is 0 Å². The minimum absolute atomic E-state index is 0.450. The fourth-order valence-electron chi connectivity index (χ4n) is 4.77. The van der Waals surface area contributed by atoms with Crippen molar-refractivity contribution in [1.29, 1.82) is 0 Å². The van der Waals surface area contributed by atoms with Gasteiger partial charge in [-0.15, -0.1) is 0 Å². The predicted molar refractivity (Wildman–Crippen MR) is 78.9 cm³/mol. The van der Waals surface area contributed by atoms with Gasteiger partial charge in [-0.05, 0) is 54.1 Å². The number of rotatable bonds is 1. The van der Waals surface area contributed by atoms with Crippen LogP contribution in [-0.4, -0.2) is 5.78 Å². The first-order valence-electron chi connectivity index (χ1n) is 7.96. The van der Waals surface area contributed by atoms with Crippen LogP contribution in [0.15, 0.2) is 22.8 Å². The van der Waals surface area contributed by atoms with Crippen LogP contribution in [0.5, 0.6) is 0 Å². The second-order valence-electron chi connectivity index (χ2n) is 7.31. The summed E-state index contributed by atoms with van der Waals surface area (Å²) in [4.78, 5) is 11.6. The van der Waals surface area contributed by atoms with E-state index in [9.17, 15) is 4.79 Å². The summed E-state index contributed by atoms with van der Waals surface area (Å²) in [5.74, 6) is 2.04. The third-order valence-corrected chi connectivity index (χ3v) is 5.77. The maximum Gasteiger partial charge on any atom is 0.137 e. The molecule has 0 bridgehead atoms. The van der Waals surface area contributed by atoms with Crippen LogP contribution in [0, 0.1) is 17.3 Å². The van der Waals surface area contributed by atoms with Gasteiger partial charge in [-0.1, -0.05) is 38.8 Å². The molecule has 3 rings (SSSR count). The van der Waals surface area contributed by atoms with E-state index in [1.54, 1.807) is 11.1 Å². The minimum Gasteiger partial charge on any atom is -0.299 e. The third kappa shape index (κ3) is 2.11. The molecular formula is C18H26O. The highest BCUT2D eigenvalue weighted by molar-refractivity contribution is 5.83. The number of carbonyl (C=O) groups excluding carboxylic acids is 1. The minimum atomic E-state index is 0.450. The van der Waals surface area contributed by atoms with E-state index in [0.717, 1.165) is 31.1 Å². The summed E-state index contributed by atoms with van der Waals surface area (Å²) in [6.45, 7) is 7.22. The first-order chi connectivity index (χ1) is 9.03. The predicted octanol–water partition coefficient (Wildman–Crippen LogP) is 4.83. The van der Waals surface area contributed by atoms with Gasteiger partial charge in [0.05, 0.1) is 0 Å². The molecule has 0 N–H and O–H groups in total. The van der Waals surface area contributed by atoms with E-state index in [4.69, 9.17) is 0 Å². The Hall–Kier alpha value is -0.850. The van der Waals surface area contributed by atoms with E-state index in [-0.39, 0.29) is 0 Å². The molecule has 3 aliphatic carbocycles. The van der Waals surface area contributed by atoms with Crippen molar-refractivity contribution in [2.45, 2.75) is 65.7 Å². The number of allylic oxidation sites excluding steroid dienone is 4. The first kappa shape index (κ1) is 13.1. The average molecular weight is 258 g/mol. The van der Waals surface area contributed by atoms with Crippen LogP contribution in [0.4, 0.5) is 0 Å². The molecule has 1 heteroatoms. The van der Waals surface area contributed by atoms with Gasteiger partial charge in [0.15, 0.2) is 0 Å². The number of ketones is 1. The van der Waals surface area contributed by atoms with Gasteiger partial charge in [-0.3, -0.25) is 4.79 Å². The molecule has 0 aromatic heterocycles. The molecule has 1 nitrogen and oxygen atoms in total. The third-order valence-electron chi connectivity index (χ3n) is 5.77. The average Bonchev–Trinajstić information content (AvgIpc) is 2.37. The van der Waals surface area contributed by atoms with E-state index in [2.05, 4.69) is 26.8 Å². The molecule has 104 valence electrons. The standard InChI is InChI=1S/C18H26O/c1-4-17-16-7-5-12-11-13(19)6-8-14(12)15(16)9-10-18(17,2)3/h9,16-17H,4-8,10-11H2,1-3H3/t16-,17+/m1/s1. The van der Waals surface area contributed by atoms with Crippen molar-refractivity contribution < 1.29 is 4.79 Å². The van der Waals surface area contributed by atoms with Gasteiger partial charge >= 0.3 is 0 Å². The van der Waals surface area contributed by atoms with Crippen LogP contribution < -0.4 is 0 Å². The highest BCUT2D eigenvalue weighted by Crippen LogP contribution is 2.53. The van der Waals surface area contributed by atoms with Gasteiger partial charge < -0.3 is 0 Å². The maximum atomic E-state index is 11.6. The molecule has 0 aliphatic heterocycles. The lowest BCUT2D eigenvalue weighted by atomic mass is 9.58. The lowest BCUT2D eigenvalue weighted by molar-refractivity contribution is -0.118. The van der Waals surface area contributed by atoms with Crippen molar-refractivity contribution in [2.75, 3.05) is 0 Å². The first-order valence-corrected chi connectivity index (χ1v) is 7.96. The highest BCUT2D eigenvalue weighted by Gasteiger charge is 2.42. The maximum absolute atomic E-state index is 11.6. The molecule has 3 aliphatic rings. The fraction of sp³-hybridized carbons (Fsp3) is 0.722. The van der Waals surface area contributed by atoms with Gasteiger partial charge in [0.2, 0.25) is 0 Å². The highest BCUT2D eigenvalue weighted by atomic mass is 16.1. The summed E-state index contributed by atoms with van der Waals surface area (Å²) in [6.07, 6.45) is 10.0. The van der Waals surface area contributed by atoms with Crippen LogP contribution in [0.3, 0.4) is 0 Å². The Morgan fingerprint density at radius 1 is 1.26 bits per heavy atom. The zero-order valence-corrected chi connectivity index (χ0v) is 12.6. The summed E-state index contributed by atoms with van der Waals surface area (Å²) in [6, 6.07) is 0. The van der Waals surface area contributed by atoms with Gasteiger partial charge in [0, 0.05) is 12.8 Å². The molecule has 0 spiro atoms. The van der Waals surface area contributed by atoms with E-state index in [1.165, 1.54) is 31.3 Å². The van der Waals surface area contributed by atoms with E-state index < -0.39 is 0 Å². The Kier molecular flexibility index (Phi) is 3.19. The summed E-state index contributed by atoms with van der Waals surface area (Å²) in [5, 5.41) is 0. The lowest BCUT2D eigenvalue weighted by Gasteiger charge is -2.47. The van der Waals surface area contributed by atoms with Gasteiger partial charge in [-0.25, -0.2) is 0 Å². The van der Waals surface area contributed by atoms with E-state index in [1.807, 2.05) is 0 Å². The molecule has 0 saturated carbocycles. The zero-order chi connectivity index (χ0) is 13.6. The van der Waals surface area contributed by atoms with Crippen molar-refractivity contribution in [3.05, 3.63) is 22.8 Å². The summed E-state index contributed by atoms with van der Waals surface area (Å²) in [7, 11) is 0. The molecule has 0 amide bonds. The second kappa shape index (κ2) is 4.61. The Bertz CT molecular complexity index is 464. The Balaban J connectivity index is 1.98. The lowest BCUT2D eigenvalue weighted by Crippen LogP contribution is -2.37. The summed E-state index contributed by atoms with van der Waals surface area (Å²) >= 11 is 0. The van der Waals surface area contributed by atoms with Crippen molar-refractivity contribution in [3.8, 4) is 0 Å². The monoisotopic (exact) mass is 258 g/mol. The van der Waals surface area contributed by atoms with Crippen LogP contribution in [0.2, 0.25) is 0 Å². The zero-order valence-electron chi connectivity index (χ0n) is 12.6. The normalized spacial score (nSPS) is 33.6. The van der Waals surface area contributed by atoms with Gasteiger partial charge in [-0.2, -0.15) is 0 Å². The van der Waals surface area contributed by atoms with E-state index in [0.29, 0.717) is 11.2 Å². The van der Waals surface area contributed by atoms with Crippen LogP contribution in [0.1, 0.15) is 65.7 Å². The molecule has 19 heavy (non-hydrogen) atoms. The molecule has 0 aromatic carbocycles. The summed E-state index contributed by atoms with van der Waals surface area (Å²) in [5.41, 5.74) is 5.16. The van der Waals surface area contributed by atoms with Gasteiger partial charge in [0.1, 0.15) is 5.78 Å². The molecule has 0 aromatic rings. The van der Waals surface area contributed by atoms with Crippen molar-refractivity contribution in [2.24, 2.45) is 17.3 Å². The number of carbonyl (C=O) groups is 1. The number of hydrogen-bond donors (Lipinski definition) is 0. The summed E-state index contributed by atoms with van der Waals surface area (Å²) < 4.78 is 0.